The number of esters is 2. The molecule has 0 spiro atoms. The lowest BCUT2D eigenvalue weighted by Gasteiger charge is -2.36. The molecule has 0 N–H and O–H groups in total. The third-order valence-corrected chi connectivity index (χ3v) is 3.80. The predicted octanol–water partition coefficient (Wildman–Crippen LogP) is 1.45. The van der Waals surface area contributed by atoms with E-state index >= 15 is 0 Å². The average molecular weight is 224 g/mol. The second kappa shape index (κ2) is 3.61. The molecule has 88 valence electrons. The van der Waals surface area contributed by atoms with E-state index in [0.717, 1.165) is 5.57 Å². The third-order valence-electron chi connectivity index (χ3n) is 3.80. The Hall–Kier alpha value is -1.32. The minimum Gasteiger partial charge on any atom is -0.465 e. The molecule has 3 atom stereocenters. The van der Waals surface area contributed by atoms with E-state index in [4.69, 9.17) is 9.47 Å². The molecule has 0 aromatic rings. The molecule has 0 amide bonds. The Labute approximate surface area is 94.6 Å². The first kappa shape index (κ1) is 11.2. The minimum atomic E-state index is -0.613. The van der Waals surface area contributed by atoms with E-state index in [9.17, 15) is 9.59 Å². The van der Waals surface area contributed by atoms with Crippen molar-refractivity contribution < 1.29 is 19.1 Å². The van der Waals surface area contributed by atoms with Crippen molar-refractivity contribution in [1.82, 2.24) is 0 Å². The van der Waals surface area contributed by atoms with E-state index in [-0.39, 0.29) is 24.0 Å². The number of fused-ring (bicyclic) bond motifs is 1. The summed E-state index contributed by atoms with van der Waals surface area (Å²) in [7, 11) is 0. The van der Waals surface area contributed by atoms with Gasteiger partial charge in [0.1, 0.15) is 6.10 Å². The molecular weight excluding hydrogens is 208 g/mol. The molecule has 4 heteroatoms. The van der Waals surface area contributed by atoms with Crippen LogP contribution in [0.2, 0.25) is 0 Å². The summed E-state index contributed by atoms with van der Waals surface area (Å²) in [5.41, 5.74) is 0.404. The van der Waals surface area contributed by atoms with Gasteiger partial charge in [-0.15, -0.1) is 0 Å². The summed E-state index contributed by atoms with van der Waals surface area (Å²) in [5, 5.41) is 0. The average Bonchev–Trinajstić information content (AvgIpc) is 2.50. The maximum absolute atomic E-state index is 11.8. The van der Waals surface area contributed by atoms with Gasteiger partial charge in [-0.1, -0.05) is 11.6 Å². The fraction of sp³-hybridized carbons (Fsp3) is 0.667. The quantitative estimate of drug-likeness (QED) is 0.499. The van der Waals surface area contributed by atoms with Crippen LogP contribution < -0.4 is 0 Å². The molecule has 1 fully saturated rings. The Balaban J connectivity index is 2.31. The largest absolute Gasteiger partial charge is 0.465 e. The molecule has 1 aliphatic heterocycles. The Morgan fingerprint density at radius 3 is 2.94 bits per heavy atom. The molecule has 2 aliphatic rings. The van der Waals surface area contributed by atoms with Crippen LogP contribution in [0.5, 0.6) is 0 Å². The second-order valence-electron chi connectivity index (χ2n) is 4.68. The van der Waals surface area contributed by atoms with Crippen LogP contribution in [0, 0.1) is 11.3 Å². The van der Waals surface area contributed by atoms with Gasteiger partial charge in [0, 0.05) is 13.3 Å². The van der Waals surface area contributed by atoms with Crippen LogP contribution in [0.25, 0.3) is 0 Å². The molecule has 0 aromatic heterocycles. The number of ether oxygens (including phenoxy) is 2. The standard InChI is InChI=1S/C12H16O4/c1-7-4-5-10(16-8(2)13)9-6-15-11(14)12(7,9)3/h4,9-10H,5-6H2,1-3H3/t9-,10-,12+/m1/s1. The predicted molar refractivity (Wildman–Crippen MR) is 56.5 cm³/mol. The molecule has 1 saturated heterocycles. The van der Waals surface area contributed by atoms with Gasteiger partial charge >= 0.3 is 11.9 Å². The van der Waals surface area contributed by atoms with E-state index in [1.807, 2.05) is 19.9 Å². The zero-order chi connectivity index (χ0) is 11.9. The highest BCUT2D eigenvalue weighted by Crippen LogP contribution is 2.47. The summed E-state index contributed by atoms with van der Waals surface area (Å²) in [5.74, 6) is -0.559. The van der Waals surface area contributed by atoms with E-state index < -0.39 is 5.41 Å². The summed E-state index contributed by atoms with van der Waals surface area (Å²) in [4.78, 5) is 22.8. The van der Waals surface area contributed by atoms with Crippen molar-refractivity contribution in [2.24, 2.45) is 11.3 Å². The van der Waals surface area contributed by atoms with Gasteiger partial charge in [-0.25, -0.2) is 0 Å². The van der Waals surface area contributed by atoms with Gasteiger partial charge in [0.25, 0.3) is 0 Å². The van der Waals surface area contributed by atoms with Gasteiger partial charge in [0.05, 0.1) is 17.9 Å². The van der Waals surface area contributed by atoms with Gasteiger partial charge in [0.15, 0.2) is 0 Å². The lowest BCUT2D eigenvalue weighted by Crippen LogP contribution is -2.42. The minimum absolute atomic E-state index is 0.0473. The smallest absolute Gasteiger partial charge is 0.316 e. The van der Waals surface area contributed by atoms with Crippen molar-refractivity contribution >= 4 is 11.9 Å². The zero-order valence-electron chi connectivity index (χ0n) is 9.78. The summed E-state index contributed by atoms with van der Waals surface area (Å²) in [6, 6.07) is 0. The lowest BCUT2D eigenvalue weighted by molar-refractivity contribution is -0.152. The molecule has 2 rings (SSSR count). The molecule has 0 bridgehead atoms. The highest BCUT2D eigenvalue weighted by atomic mass is 16.6. The van der Waals surface area contributed by atoms with Crippen molar-refractivity contribution in [3.05, 3.63) is 11.6 Å². The molecule has 0 radical (unpaired) electrons. The number of hydrogen-bond donors (Lipinski definition) is 0. The SMILES string of the molecule is CC(=O)O[C@@H]1CC=C(C)[C@]2(C)C(=O)OC[C@H]12. The van der Waals surface area contributed by atoms with Crippen molar-refractivity contribution in [1.29, 1.82) is 0 Å². The summed E-state index contributed by atoms with van der Waals surface area (Å²) < 4.78 is 10.4. The molecular formula is C12H16O4. The fourth-order valence-electron chi connectivity index (χ4n) is 2.58. The lowest BCUT2D eigenvalue weighted by atomic mass is 9.67. The summed E-state index contributed by atoms with van der Waals surface area (Å²) in [6.45, 7) is 5.54. The van der Waals surface area contributed by atoms with Gasteiger partial charge in [-0.3, -0.25) is 9.59 Å². The van der Waals surface area contributed by atoms with Crippen LogP contribution in [0.4, 0.5) is 0 Å². The van der Waals surface area contributed by atoms with Crippen LogP contribution in [-0.4, -0.2) is 24.6 Å². The van der Waals surface area contributed by atoms with Crippen molar-refractivity contribution in [2.75, 3.05) is 6.61 Å². The first-order valence-corrected chi connectivity index (χ1v) is 5.48. The molecule has 0 aromatic carbocycles. The number of hydrogen-bond acceptors (Lipinski definition) is 4. The van der Waals surface area contributed by atoms with Crippen LogP contribution in [0.15, 0.2) is 11.6 Å². The van der Waals surface area contributed by atoms with Crippen LogP contribution in [0.1, 0.15) is 27.2 Å². The van der Waals surface area contributed by atoms with Crippen molar-refractivity contribution in [2.45, 2.75) is 33.3 Å². The third kappa shape index (κ3) is 1.44. The molecule has 16 heavy (non-hydrogen) atoms. The Bertz CT molecular complexity index is 371. The summed E-state index contributed by atoms with van der Waals surface area (Å²) >= 11 is 0. The molecule has 1 heterocycles. The maximum atomic E-state index is 11.8. The van der Waals surface area contributed by atoms with Crippen molar-refractivity contribution in [3.8, 4) is 0 Å². The van der Waals surface area contributed by atoms with Gasteiger partial charge in [0.2, 0.25) is 0 Å². The highest BCUT2D eigenvalue weighted by molar-refractivity contribution is 5.83. The van der Waals surface area contributed by atoms with Crippen LogP contribution >= 0.6 is 0 Å². The number of rotatable bonds is 1. The van der Waals surface area contributed by atoms with Gasteiger partial charge in [-0.2, -0.15) is 0 Å². The zero-order valence-corrected chi connectivity index (χ0v) is 9.78. The second-order valence-corrected chi connectivity index (χ2v) is 4.68. The topological polar surface area (TPSA) is 52.6 Å². The monoisotopic (exact) mass is 224 g/mol. The Morgan fingerprint density at radius 1 is 1.62 bits per heavy atom. The molecule has 4 nitrogen and oxygen atoms in total. The fourth-order valence-corrected chi connectivity index (χ4v) is 2.58. The van der Waals surface area contributed by atoms with Crippen LogP contribution in [0.3, 0.4) is 0 Å². The molecule has 1 aliphatic carbocycles. The normalized spacial score (nSPS) is 37.4. The number of carbonyl (C=O) groups excluding carboxylic acids is 2. The molecule has 0 unspecified atom stereocenters. The van der Waals surface area contributed by atoms with E-state index in [1.165, 1.54) is 6.92 Å². The first-order valence-electron chi connectivity index (χ1n) is 5.48. The van der Waals surface area contributed by atoms with E-state index in [0.29, 0.717) is 13.0 Å². The number of cyclic esters (lactones) is 1. The number of carbonyl (C=O) groups is 2. The van der Waals surface area contributed by atoms with E-state index in [2.05, 4.69) is 0 Å². The van der Waals surface area contributed by atoms with Gasteiger partial charge < -0.3 is 9.47 Å². The molecule has 0 saturated carbocycles. The summed E-state index contributed by atoms with van der Waals surface area (Å²) in [6.07, 6.45) is 2.40. The Morgan fingerprint density at radius 2 is 2.31 bits per heavy atom. The van der Waals surface area contributed by atoms with Crippen molar-refractivity contribution in [3.63, 3.8) is 0 Å². The van der Waals surface area contributed by atoms with Crippen LogP contribution in [-0.2, 0) is 19.1 Å². The maximum Gasteiger partial charge on any atom is 0.316 e. The highest BCUT2D eigenvalue weighted by Gasteiger charge is 2.55. The van der Waals surface area contributed by atoms with Gasteiger partial charge in [-0.05, 0) is 13.8 Å². The van der Waals surface area contributed by atoms with E-state index in [1.54, 1.807) is 0 Å². The first-order chi connectivity index (χ1) is 7.46. The Kier molecular flexibility index (Phi) is 2.52.